The van der Waals surface area contributed by atoms with Crippen LogP contribution in [-0.2, 0) is 5.41 Å². The summed E-state index contributed by atoms with van der Waals surface area (Å²) in [4.78, 5) is 18.1. The number of carbonyl (C=O) groups excluding carboxylic acids is 1. The van der Waals surface area contributed by atoms with Crippen molar-refractivity contribution >= 4 is 23.1 Å². The van der Waals surface area contributed by atoms with Gasteiger partial charge in [-0.3, -0.25) is 9.89 Å². The maximum absolute atomic E-state index is 13.1. The normalized spacial score (nSPS) is 13.1. The molecule has 3 rings (SSSR count). The number of amides is 1. The summed E-state index contributed by atoms with van der Waals surface area (Å²) in [5.74, 6) is 1.19. The van der Waals surface area contributed by atoms with Crippen LogP contribution >= 0.6 is 0 Å². The van der Waals surface area contributed by atoms with E-state index in [4.69, 9.17) is 4.98 Å². The Morgan fingerprint density at radius 2 is 1.64 bits per heavy atom. The van der Waals surface area contributed by atoms with Crippen molar-refractivity contribution in [2.24, 2.45) is 5.41 Å². The van der Waals surface area contributed by atoms with Crippen molar-refractivity contribution in [3.63, 3.8) is 0 Å². The van der Waals surface area contributed by atoms with Gasteiger partial charge in [-0.25, -0.2) is 9.50 Å². The summed E-state index contributed by atoms with van der Waals surface area (Å²) in [5, 5.41) is 10.0. The maximum Gasteiger partial charge on any atom is 0.261 e. The van der Waals surface area contributed by atoms with Gasteiger partial charge in [0.05, 0.1) is 5.69 Å². The highest BCUT2D eigenvalue weighted by Crippen LogP contribution is 2.35. The SMILES string of the molecule is CC(C)c1ccc(NC(=O)c2c[nH]n3c(NC(C)(C)CC(C)(C)C)c(C(C)(C)C)nc23)cc1. The average molecular weight is 452 g/mol. The lowest BCUT2D eigenvalue weighted by molar-refractivity contribution is 0.102. The molecule has 0 aliphatic heterocycles. The molecule has 0 atom stereocenters. The quantitative estimate of drug-likeness (QED) is 0.379. The van der Waals surface area contributed by atoms with Gasteiger partial charge in [0.2, 0.25) is 0 Å². The van der Waals surface area contributed by atoms with Gasteiger partial charge in [0.25, 0.3) is 5.91 Å². The molecule has 0 unspecified atom stereocenters. The highest BCUT2D eigenvalue weighted by Gasteiger charge is 2.32. The number of hydrogen-bond acceptors (Lipinski definition) is 3. The number of fused-ring (bicyclic) bond motifs is 1. The Bertz CT molecular complexity index is 1120. The lowest BCUT2D eigenvalue weighted by Gasteiger charge is -2.34. The minimum absolute atomic E-state index is 0.153. The monoisotopic (exact) mass is 451 g/mol. The molecule has 2 heterocycles. The van der Waals surface area contributed by atoms with Crippen LogP contribution in [0.3, 0.4) is 0 Å². The van der Waals surface area contributed by atoms with E-state index in [1.807, 2.05) is 16.6 Å². The number of imidazole rings is 1. The zero-order valence-electron chi connectivity index (χ0n) is 22.0. The van der Waals surface area contributed by atoms with Crippen molar-refractivity contribution in [3.8, 4) is 0 Å². The van der Waals surface area contributed by atoms with Crippen molar-refractivity contribution in [2.75, 3.05) is 10.6 Å². The first-order valence-electron chi connectivity index (χ1n) is 11.9. The minimum Gasteiger partial charge on any atom is -0.364 e. The number of H-pyrrole nitrogens is 1. The fraction of sp³-hybridized carbons (Fsp3) is 0.556. The molecule has 1 amide bonds. The van der Waals surface area contributed by atoms with Crippen molar-refractivity contribution in [3.05, 3.63) is 47.3 Å². The summed E-state index contributed by atoms with van der Waals surface area (Å²) < 4.78 is 1.90. The van der Waals surface area contributed by atoms with Crippen molar-refractivity contribution in [1.29, 1.82) is 0 Å². The molecule has 6 nitrogen and oxygen atoms in total. The molecule has 0 saturated heterocycles. The van der Waals surface area contributed by atoms with Gasteiger partial charge >= 0.3 is 0 Å². The molecule has 0 bridgehead atoms. The minimum atomic E-state index is -0.187. The maximum atomic E-state index is 13.1. The lowest BCUT2D eigenvalue weighted by Crippen LogP contribution is -2.36. The summed E-state index contributed by atoms with van der Waals surface area (Å²) >= 11 is 0. The molecule has 3 N–H and O–H groups in total. The molecule has 6 heteroatoms. The zero-order valence-corrected chi connectivity index (χ0v) is 22.0. The van der Waals surface area contributed by atoms with Gasteiger partial charge in [-0.2, -0.15) is 0 Å². The van der Waals surface area contributed by atoms with Crippen LogP contribution in [0.15, 0.2) is 30.5 Å². The van der Waals surface area contributed by atoms with Crippen molar-refractivity contribution < 1.29 is 4.79 Å². The molecule has 0 radical (unpaired) electrons. The van der Waals surface area contributed by atoms with Crippen LogP contribution in [0.2, 0.25) is 0 Å². The highest BCUT2D eigenvalue weighted by atomic mass is 16.1. The van der Waals surface area contributed by atoms with E-state index in [2.05, 4.69) is 97.1 Å². The van der Waals surface area contributed by atoms with Crippen LogP contribution in [0.5, 0.6) is 0 Å². The summed E-state index contributed by atoms with van der Waals surface area (Å²) in [5.41, 5.74) is 3.94. The Hall–Kier alpha value is -2.76. The summed E-state index contributed by atoms with van der Waals surface area (Å²) in [7, 11) is 0. The number of anilines is 2. The molecule has 0 spiro atoms. The molecule has 1 aromatic carbocycles. The van der Waals surface area contributed by atoms with E-state index in [1.54, 1.807) is 6.20 Å². The van der Waals surface area contributed by atoms with Crippen LogP contribution in [0.4, 0.5) is 11.5 Å². The highest BCUT2D eigenvalue weighted by molar-refractivity contribution is 6.08. The van der Waals surface area contributed by atoms with Gasteiger partial charge in [0.1, 0.15) is 5.56 Å². The van der Waals surface area contributed by atoms with E-state index in [9.17, 15) is 4.79 Å². The van der Waals surface area contributed by atoms with Gasteiger partial charge in [0, 0.05) is 22.8 Å². The number of benzene rings is 1. The molecule has 3 aromatic rings. The number of rotatable bonds is 6. The molecule has 180 valence electrons. The summed E-state index contributed by atoms with van der Waals surface area (Å²) in [6, 6.07) is 8.01. The first kappa shape index (κ1) is 24.9. The zero-order chi connectivity index (χ0) is 24.8. The van der Waals surface area contributed by atoms with Crippen LogP contribution in [0.1, 0.15) is 103 Å². The number of carbonyl (C=O) groups is 1. The molecule has 33 heavy (non-hydrogen) atoms. The molecule has 0 fully saturated rings. The molecule has 0 saturated carbocycles. The van der Waals surface area contributed by atoms with Crippen LogP contribution in [0, 0.1) is 5.41 Å². The molecular formula is C27H41N5O. The first-order valence-corrected chi connectivity index (χ1v) is 11.9. The third-order valence-corrected chi connectivity index (χ3v) is 5.68. The number of hydrogen-bond donors (Lipinski definition) is 3. The Balaban J connectivity index is 1.96. The Labute approximate surface area is 198 Å². The predicted octanol–water partition coefficient (Wildman–Crippen LogP) is 6.96. The second-order valence-corrected chi connectivity index (χ2v) is 12.4. The largest absolute Gasteiger partial charge is 0.364 e. The Kier molecular flexibility index (Phi) is 6.44. The van der Waals surface area contributed by atoms with Gasteiger partial charge in [0.15, 0.2) is 11.5 Å². The van der Waals surface area contributed by atoms with E-state index >= 15 is 0 Å². The second kappa shape index (κ2) is 8.54. The third kappa shape index (κ3) is 5.79. The van der Waals surface area contributed by atoms with Crippen LogP contribution < -0.4 is 10.6 Å². The topological polar surface area (TPSA) is 74.2 Å². The third-order valence-electron chi connectivity index (χ3n) is 5.68. The Morgan fingerprint density at radius 1 is 1.03 bits per heavy atom. The average Bonchev–Trinajstić information content (AvgIpc) is 3.20. The van der Waals surface area contributed by atoms with E-state index in [1.165, 1.54) is 5.56 Å². The molecule has 0 aliphatic rings. The van der Waals surface area contributed by atoms with Crippen molar-refractivity contribution in [1.82, 2.24) is 14.6 Å². The molecule has 2 aromatic heterocycles. The second-order valence-electron chi connectivity index (χ2n) is 12.4. The number of nitrogens with zero attached hydrogens (tertiary/aromatic N) is 2. The summed E-state index contributed by atoms with van der Waals surface area (Å²) in [6.45, 7) is 21.9. The predicted molar refractivity (Wildman–Crippen MR) is 139 cm³/mol. The van der Waals surface area contributed by atoms with Gasteiger partial charge < -0.3 is 10.6 Å². The van der Waals surface area contributed by atoms with Crippen LogP contribution in [0.25, 0.3) is 5.65 Å². The van der Waals surface area contributed by atoms with Crippen LogP contribution in [-0.4, -0.2) is 26.0 Å². The lowest BCUT2D eigenvalue weighted by atomic mass is 9.81. The van der Waals surface area contributed by atoms with Gasteiger partial charge in [-0.05, 0) is 49.3 Å². The van der Waals surface area contributed by atoms with E-state index in [-0.39, 0.29) is 22.3 Å². The first-order chi connectivity index (χ1) is 15.1. The summed E-state index contributed by atoms with van der Waals surface area (Å²) in [6.07, 6.45) is 2.71. The van der Waals surface area contributed by atoms with Crippen molar-refractivity contribution in [2.45, 2.75) is 92.5 Å². The molecule has 0 aliphatic carbocycles. The standard InChI is InChI=1S/C27H41N5O/c1-17(2)18-11-13-19(14-12-18)29-24(33)20-15-28-32-22(20)30-21(26(6,7)8)23(32)31-27(9,10)16-25(3,4)5/h11-15,17,28,31H,16H2,1-10H3,(H,29,33). The number of aromatic nitrogens is 3. The van der Waals surface area contributed by atoms with E-state index < -0.39 is 0 Å². The Morgan fingerprint density at radius 3 is 2.15 bits per heavy atom. The fourth-order valence-corrected chi connectivity index (χ4v) is 4.57. The van der Waals surface area contributed by atoms with Gasteiger partial charge in [-0.1, -0.05) is 67.5 Å². The number of aromatic amines is 1. The fourth-order valence-electron chi connectivity index (χ4n) is 4.57. The molecular weight excluding hydrogens is 410 g/mol. The number of nitrogens with one attached hydrogen (secondary N) is 3. The van der Waals surface area contributed by atoms with E-state index in [0.29, 0.717) is 17.1 Å². The van der Waals surface area contributed by atoms with Gasteiger partial charge in [-0.15, -0.1) is 0 Å². The van der Waals surface area contributed by atoms with E-state index in [0.717, 1.165) is 23.6 Å². The smallest absolute Gasteiger partial charge is 0.261 e.